The van der Waals surface area contributed by atoms with Crippen LogP contribution in [0, 0.1) is 6.92 Å². The van der Waals surface area contributed by atoms with Crippen molar-refractivity contribution in [3.05, 3.63) is 66.0 Å². The Morgan fingerprint density at radius 3 is 2.77 bits per heavy atom. The summed E-state index contributed by atoms with van der Waals surface area (Å²) in [6.45, 7) is 5.36. The van der Waals surface area contributed by atoms with Crippen molar-refractivity contribution in [1.29, 1.82) is 0 Å². The zero-order valence-electron chi connectivity index (χ0n) is 17.2. The summed E-state index contributed by atoms with van der Waals surface area (Å²) in [7, 11) is 0. The normalized spacial score (nSPS) is 18.4. The first-order valence-electron chi connectivity index (χ1n) is 10.5. The summed E-state index contributed by atoms with van der Waals surface area (Å²) >= 11 is 0. The zero-order valence-corrected chi connectivity index (χ0v) is 17.2. The van der Waals surface area contributed by atoms with E-state index in [0.29, 0.717) is 12.8 Å². The number of benzene rings is 2. The van der Waals surface area contributed by atoms with Crippen LogP contribution < -0.4 is 14.8 Å². The van der Waals surface area contributed by atoms with Gasteiger partial charge in [0.15, 0.2) is 17.3 Å². The quantitative estimate of drug-likeness (QED) is 0.688. The summed E-state index contributed by atoms with van der Waals surface area (Å²) in [5.74, 6) is 2.43. The van der Waals surface area contributed by atoms with Crippen LogP contribution in [0.4, 0.5) is 5.69 Å². The molecule has 1 fully saturated rings. The molecule has 0 aliphatic carbocycles. The van der Waals surface area contributed by atoms with Crippen molar-refractivity contribution in [2.75, 3.05) is 25.2 Å². The molecule has 0 radical (unpaired) electrons. The second-order valence-corrected chi connectivity index (χ2v) is 8.02. The van der Waals surface area contributed by atoms with Gasteiger partial charge in [0, 0.05) is 54.4 Å². The highest BCUT2D eigenvalue weighted by atomic mass is 16.7. The lowest BCUT2D eigenvalue weighted by Gasteiger charge is -2.33. The Morgan fingerprint density at radius 1 is 1.07 bits per heavy atom. The maximum atomic E-state index is 5.49. The molecule has 0 bridgehead atoms. The van der Waals surface area contributed by atoms with Gasteiger partial charge in [-0.15, -0.1) is 0 Å². The molecule has 0 saturated carbocycles. The number of rotatable bonds is 5. The molecule has 3 heterocycles. The van der Waals surface area contributed by atoms with Crippen molar-refractivity contribution in [1.82, 2.24) is 14.9 Å². The highest BCUT2D eigenvalue weighted by Gasteiger charge is 2.21. The molecule has 30 heavy (non-hydrogen) atoms. The number of likely N-dealkylation sites (tertiary alicyclic amines) is 1. The molecule has 1 saturated heterocycles. The van der Waals surface area contributed by atoms with Crippen molar-refractivity contribution in [3.8, 4) is 22.9 Å². The predicted molar refractivity (Wildman–Crippen MR) is 117 cm³/mol. The molecule has 1 N–H and O–H groups in total. The summed E-state index contributed by atoms with van der Waals surface area (Å²) in [6.07, 6.45) is 6.26. The van der Waals surface area contributed by atoms with Crippen molar-refractivity contribution >= 4 is 5.69 Å². The lowest BCUT2D eigenvalue weighted by atomic mass is 10.0. The third-order valence-corrected chi connectivity index (χ3v) is 5.75. The van der Waals surface area contributed by atoms with Crippen LogP contribution >= 0.6 is 0 Å². The van der Waals surface area contributed by atoms with Crippen LogP contribution in [-0.4, -0.2) is 40.8 Å². The topological polar surface area (TPSA) is 59.5 Å². The molecular weight excluding hydrogens is 376 g/mol. The SMILES string of the molecule is Cc1ccccc1-c1ncc(CN2CCC[C@@H](Nc3ccc4c(c3)OCO4)C2)cn1. The smallest absolute Gasteiger partial charge is 0.231 e. The van der Waals surface area contributed by atoms with Crippen LogP contribution in [0.15, 0.2) is 54.9 Å². The van der Waals surface area contributed by atoms with Gasteiger partial charge in [-0.25, -0.2) is 9.97 Å². The Labute approximate surface area is 176 Å². The number of anilines is 1. The second-order valence-electron chi connectivity index (χ2n) is 8.02. The molecule has 2 aliphatic heterocycles. The number of nitrogens with one attached hydrogen (secondary N) is 1. The molecule has 0 spiro atoms. The Kier molecular flexibility index (Phi) is 5.24. The number of aryl methyl sites for hydroxylation is 1. The minimum absolute atomic E-state index is 0.306. The van der Waals surface area contributed by atoms with Gasteiger partial charge >= 0.3 is 0 Å². The standard InChI is InChI=1S/C24H26N4O2/c1-17-5-2-3-7-21(17)24-25-12-18(13-26-24)14-28-10-4-6-20(15-28)27-19-8-9-22-23(11-19)30-16-29-22/h2-3,5,7-9,11-13,20,27H,4,6,10,14-16H2,1H3/t20-/m1/s1. The van der Waals surface area contributed by atoms with E-state index in [9.17, 15) is 0 Å². The van der Waals surface area contributed by atoms with Crippen molar-refractivity contribution in [2.45, 2.75) is 32.4 Å². The summed E-state index contributed by atoms with van der Waals surface area (Å²) in [4.78, 5) is 11.7. The molecule has 5 rings (SSSR count). The maximum Gasteiger partial charge on any atom is 0.231 e. The highest BCUT2D eigenvalue weighted by molar-refractivity contribution is 5.59. The fourth-order valence-electron chi connectivity index (χ4n) is 4.20. The van der Waals surface area contributed by atoms with Crippen LogP contribution in [0.3, 0.4) is 0 Å². The molecular formula is C24H26N4O2. The van der Waals surface area contributed by atoms with Gasteiger partial charge in [0.1, 0.15) is 0 Å². The Morgan fingerprint density at radius 2 is 1.90 bits per heavy atom. The fourth-order valence-corrected chi connectivity index (χ4v) is 4.20. The van der Waals surface area contributed by atoms with Crippen LogP contribution in [0.1, 0.15) is 24.0 Å². The van der Waals surface area contributed by atoms with Crippen molar-refractivity contribution in [2.24, 2.45) is 0 Å². The Bertz CT molecular complexity index is 1020. The van der Waals surface area contributed by atoms with E-state index in [0.717, 1.165) is 60.2 Å². The first-order chi connectivity index (χ1) is 14.7. The van der Waals surface area contributed by atoms with Gasteiger partial charge in [0.25, 0.3) is 0 Å². The zero-order chi connectivity index (χ0) is 20.3. The van der Waals surface area contributed by atoms with Gasteiger partial charge in [0.05, 0.1) is 0 Å². The molecule has 2 aromatic carbocycles. The van der Waals surface area contributed by atoms with Gasteiger partial charge in [-0.05, 0) is 44.0 Å². The first-order valence-corrected chi connectivity index (χ1v) is 10.5. The Hall–Kier alpha value is -3.12. The van der Waals surface area contributed by atoms with E-state index in [1.165, 1.54) is 12.0 Å². The number of aromatic nitrogens is 2. The molecule has 6 nitrogen and oxygen atoms in total. The van der Waals surface area contributed by atoms with Gasteiger partial charge in [0.2, 0.25) is 6.79 Å². The molecule has 2 aliphatic rings. The van der Waals surface area contributed by atoms with Crippen molar-refractivity contribution in [3.63, 3.8) is 0 Å². The molecule has 0 unspecified atom stereocenters. The molecule has 1 atom stereocenters. The lowest BCUT2D eigenvalue weighted by Crippen LogP contribution is -2.41. The molecule has 0 amide bonds. The molecule has 6 heteroatoms. The maximum absolute atomic E-state index is 5.49. The van der Waals surface area contributed by atoms with Gasteiger partial charge in [-0.2, -0.15) is 0 Å². The van der Waals surface area contributed by atoms with E-state index >= 15 is 0 Å². The van der Waals surface area contributed by atoms with E-state index in [4.69, 9.17) is 9.47 Å². The number of hydrogen-bond donors (Lipinski definition) is 1. The van der Waals surface area contributed by atoms with E-state index in [-0.39, 0.29) is 0 Å². The van der Waals surface area contributed by atoms with Crippen LogP contribution in [0.2, 0.25) is 0 Å². The van der Waals surface area contributed by atoms with Gasteiger partial charge in [-0.1, -0.05) is 24.3 Å². The average Bonchev–Trinajstić information content (AvgIpc) is 3.23. The molecule has 154 valence electrons. The van der Waals surface area contributed by atoms with Crippen LogP contribution in [-0.2, 0) is 6.54 Å². The monoisotopic (exact) mass is 402 g/mol. The fraction of sp³-hybridized carbons (Fsp3) is 0.333. The predicted octanol–water partition coefficient (Wildman–Crippen LogP) is 4.26. The minimum atomic E-state index is 0.306. The highest BCUT2D eigenvalue weighted by Crippen LogP contribution is 2.34. The number of hydrogen-bond acceptors (Lipinski definition) is 6. The van der Waals surface area contributed by atoms with E-state index in [1.54, 1.807) is 0 Å². The van der Waals surface area contributed by atoms with Crippen LogP contribution in [0.25, 0.3) is 11.4 Å². The third kappa shape index (κ3) is 4.09. The van der Waals surface area contributed by atoms with E-state index in [2.05, 4.69) is 45.3 Å². The molecule has 3 aromatic rings. The average molecular weight is 402 g/mol. The Balaban J connectivity index is 1.21. The van der Waals surface area contributed by atoms with Gasteiger partial charge < -0.3 is 14.8 Å². The van der Waals surface area contributed by atoms with Crippen molar-refractivity contribution < 1.29 is 9.47 Å². The minimum Gasteiger partial charge on any atom is -0.454 e. The largest absolute Gasteiger partial charge is 0.454 e. The summed E-state index contributed by atoms with van der Waals surface area (Å²) in [5, 5.41) is 3.65. The number of fused-ring (bicyclic) bond motifs is 1. The van der Waals surface area contributed by atoms with E-state index in [1.807, 2.05) is 36.7 Å². The first kappa shape index (κ1) is 18.9. The lowest BCUT2D eigenvalue weighted by molar-refractivity contribution is 0.174. The number of piperidine rings is 1. The summed E-state index contributed by atoms with van der Waals surface area (Å²) < 4.78 is 10.9. The summed E-state index contributed by atoms with van der Waals surface area (Å²) in [6, 6.07) is 14.7. The third-order valence-electron chi connectivity index (χ3n) is 5.75. The number of nitrogens with zero attached hydrogens (tertiary/aromatic N) is 3. The molecule has 1 aromatic heterocycles. The number of ether oxygens (including phenoxy) is 2. The second kappa shape index (κ2) is 8.32. The van der Waals surface area contributed by atoms with Gasteiger partial charge in [-0.3, -0.25) is 4.90 Å². The van der Waals surface area contributed by atoms with E-state index < -0.39 is 0 Å². The van der Waals surface area contributed by atoms with Crippen LogP contribution in [0.5, 0.6) is 11.5 Å². The summed E-state index contributed by atoms with van der Waals surface area (Å²) in [5.41, 5.74) is 4.52.